The first-order chi connectivity index (χ1) is 11.8. The summed E-state index contributed by atoms with van der Waals surface area (Å²) in [5.74, 6) is -3.45. The molecule has 1 aromatic rings. The van der Waals surface area contributed by atoms with Crippen LogP contribution in [-0.4, -0.2) is 60.3 Å². The zero-order chi connectivity index (χ0) is 18.1. The maximum atomic E-state index is 14.8. The number of anilines is 1. The molecule has 2 aliphatic heterocycles. The number of nitrogens with one attached hydrogen (secondary N) is 1. The summed E-state index contributed by atoms with van der Waals surface area (Å²) in [6, 6.07) is 3.63. The minimum Gasteiger partial charge on any atom is -0.369 e. The summed E-state index contributed by atoms with van der Waals surface area (Å²) in [5, 5.41) is 2.44. The van der Waals surface area contributed by atoms with Gasteiger partial charge in [0.15, 0.2) is 0 Å². The number of rotatable bonds is 3. The second-order valence-corrected chi connectivity index (χ2v) is 6.84. The van der Waals surface area contributed by atoms with Crippen molar-refractivity contribution in [2.24, 2.45) is 5.41 Å². The first-order valence-electron chi connectivity index (χ1n) is 8.38. The minimum absolute atomic E-state index is 0.00911. The van der Waals surface area contributed by atoms with Crippen LogP contribution in [0.2, 0.25) is 0 Å². The fourth-order valence-corrected chi connectivity index (χ4v) is 3.69. The smallest absolute Gasteiger partial charge is 0.258 e. The Labute approximate surface area is 145 Å². The van der Waals surface area contributed by atoms with Crippen molar-refractivity contribution in [2.75, 3.05) is 37.6 Å². The van der Waals surface area contributed by atoms with Gasteiger partial charge in [0, 0.05) is 45.7 Å². The predicted octanol–water partition coefficient (Wildman–Crippen LogP) is 1.28. The molecule has 0 aliphatic carbocycles. The molecule has 6 nitrogen and oxygen atoms in total. The van der Waals surface area contributed by atoms with Crippen molar-refractivity contribution >= 4 is 17.5 Å². The number of nitrogens with zero attached hydrogens (tertiary/aromatic N) is 3. The van der Waals surface area contributed by atoms with E-state index < -0.39 is 11.3 Å². The Kier molecular flexibility index (Phi) is 4.62. The number of hydrogen-bond acceptors (Lipinski definition) is 4. The van der Waals surface area contributed by atoms with Crippen molar-refractivity contribution in [1.82, 2.24) is 15.2 Å². The third-order valence-corrected chi connectivity index (χ3v) is 5.17. The normalized spacial score (nSPS) is 25.2. The standard InChI is InChI=1S/C17H22F2N4O2/c1-13(24)21-10-15(25)23-8-5-17(18,19)16(12-23)4-7-22(11-16)14-3-2-6-20-9-14/h2-3,6,9H,4-5,7-8,10-12H2,1H3,(H,21,24). The average Bonchev–Trinajstić information content (AvgIpc) is 3.02. The summed E-state index contributed by atoms with van der Waals surface area (Å²) < 4.78 is 29.5. The number of hydrogen-bond donors (Lipinski definition) is 1. The van der Waals surface area contributed by atoms with Crippen molar-refractivity contribution in [3.63, 3.8) is 0 Å². The highest BCUT2D eigenvalue weighted by Gasteiger charge is 2.59. The molecule has 1 spiro atoms. The van der Waals surface area contributed by atoms with Gasteiger partial charge in [0.25, 0.3) is 5.92 Å². The summed E-state index contributed by atoms with van der Waals surface area (Å²) in [7, 11) is 0. The first kappa shape index (κ1) is 17.6. The van der Waals surface area contributed by atoms with Crippen LogP contribution in [-0.2, 0) is 9.59 Å². The Balaban J connectivity index is 1.74. The van der Waals surface area contributed by atoms with Gasteiger partial charge in [0.05, 0.1) is 23.8 Å². The Morgan fingerprint density at radius 2 is 2.08 bits per heavy atom. The summed E-state index contributed by atoms with van der Waals surface area (Å²) in [6.07, 6.45) is 3.28. The fourth-order valence-electron chi connectivity index (χ4n) is 3.69. The number of piperidine rings is 1. The SMILES string of the molecule is CC(=O)NCC(=O)N1CCC(F)(F)C2(CCN(c3cccnc3)C2)C1. The topological polar surface area (TPSA) is 65.5 Å². The lowest BCUT2D eigenvalue weighted by Crippen LogP contribution is -2.59. The molecular weight excluding hydrogens is 330 g/mol. The lowest BCUT2D eigenvalue weighted by atomic mass is 9.75. The lowest BCUT2D eigenvalue weighted by molar-refractivity contribution is -0.168. The average molecular weight is 352 g/mol. The molecule has 0 radical (unpaired) electrons. The molecule has 1 N–H and O–H groups in total. The summed E-state index contributed by atoms with van der Waals surface area (Å²) in [4.78, 5) is 30.6. The maximum Gasteiger partial charge on any atom is 0.258 e. The number of carbonyl (C=O) groups excluding carboxylic acids is 2. The van der Waals surface area contributed by atoms with Crippen LogP contribution in [0.25, 0.3) is 0 Å². The molecule has 1 unspecified atom stereocenters. The number of likely N-dealkylation sites (tertiary alicyclic amines) is 1. The lowest BCUT2D eigenvalue weighted by Gasteiger charge is -2.46. The van der Waals surface area contributed by atoms with E-state index in [4.69, 9.17) is 0 Å². The van der Waals surface area contributed by atoms with E-state index in [1.54, 1.807) is 18.5 Å². The van der Waals surface area contributed by atoms with Gasteiger partial charge in [-0.1, -0.05) is 0 Å². The first-order valence-corrected chi connectivity index (χ1v) is 8.38. The predicted molar refractivity (Wildman–Crippen MR) is 88.3 cm³/mol. The van der Waals surface area contributed by atoms with Crippen LogP contribution in [0, 0.1) is 5.41 Å². The van der Waals surface area contributed by atoms with Gasteiger partial charge in [-0.15, -0.1) is 0 Å². The highest BCUT2D eigenvalue weighted by Crippen LogP contribution is 2.50. The molecule has 8 heteroatoms. The molecule has 136 valence electrons. The van der Waals surface area contributed by atoms with E-state index in [-0.39, 0.29) is 44.4 Å². The van der Waals surface area contributed by atoms with Gasteiger partial charge in [-0.05, 0) is 18.6 Å². The van der Waals surface area contributed by atoms with E-state index in [0.717, 1.165) is 5.69 Å². The molecule has 3 heterocycles. The molecule has 1 aromatic heterocycles. The zero-order valence-corrected chi connectivity index (χ0v) is 14.2. The fraction of sp³-hybridized carbons (Fsp3) is 0.588. The molecule has 25 heavy (non-hydrogen) atoms. The van der Waals surface area contributed by atoms with Gasteiger partial charge < -0.3 is 15.1 Å². The number of pyridine rings is 1. The van der Waals surface area contributed by atoms with Gasteiger partial charge in [0.2, 0.25) is 11.8 Å². The minimum atomic E-state index is -2.82. The maximum absolute atomic E-state index is 14.8. The van der Waals surface area contributed by atoms with E-state index >= 15 is 0 Å². The van der Waals surface area contributed by atoms with Crippen molar-refractivity contribution in [3.05, 3.63) is 24.5 Å². The molecule has 2 aliphatic rings. The number of amides is 2. The Hall–Kier alpha value is -2.25. The van der Waals surface area contributed by atoms with E-state index in [2.05, 4.69) is 10.3 Å². The molecular formula is C17H22F2N4O2. The van der Waals surface area contributed by atoms with Crippen molar-refractivity contribution < 1.29 is 18.4 Å². The van der Waals surface area contributed by atoms with Gasteiger partial charge in [-0.2, -0.15) is 0 Å². The molecule has 1 atom stereocenters. The van der Waals surface area contributed by atoms with Crippen LogP contribution in [0.4, 0.5) is 14.5 Å². The Bertz CT molecular complexity index is 655. The highest BCUT2D eigenvalue weighted by atomic mass is 19.3. The molecule has 0 bridgehead atoms. The highest BCUT2D eigenvalue weighted by molar-refractivity contribution is 5.83. The third kappa shape index (κ3) is 3.43. The molecule has 3 rings (SSSR count). The molecule has 2 fully saturated rings. The van der Waals surface area contributed by atoms with Crippen molar-refractivity contribution in [2.45, 2.75) is 25.7 Å². The van der Waals surface area contributed by atoms with E-state index in [9.17, 15) is 18.4 Å². The number of aromatic nitrogens is 1. The quantitative estimate of drug-likeness (QED) is 0.890. The summed E-state index contributed by atoms with van der Waals surface area (Å²) in [5.41, 5.74) is -0.440. The largest absolute Gasteiger partial charge is 0.369 e. The van der Waals surface area contributed by atoms with Gasteiger partial charge in [0.1, 0.15) is 0 Å². The van der Waals surface area contributed by atoms with Crippen LogP contribution in [0.15, 0.2) is 24.5 Å². The Morgan fingerprint density at radius 1 is 1.28 bits per heavy atom. The van der Waals surface area contributed by atoms with Crippen LogP contribution in [0.1, 0.15) is 19.8 Å². The van der Waals surface area contributed by atoms with Gasteiger partial charge >= 0.3 is 0 Å². The number of alkyl halides is 2. The zero-order valence-electron chi connectivity index (χ0n) is 14.2. The van der Waals surface area contributed by atoms with Crippen molar-refractivity contribution in [3.8, 4) is 0 Å². The van der Waals surface area contributed by atoms with E-state index in [1.165, 1.54) is 11.8 Å². The van der Waals surface area contributed by atoms with Crippen LogP contribution >= 0.6 is 0 Å². The molecule has 0 saturated carbocycles. The monoisotopic (exact) mass is 352 g/mol. The molecule has 2 saturated heterocycles. The van der Waals surface area contributed by atoms with Gasteiger partial charge in [-0.3, -0.25) is 14.6 Å². The molecule has 0 aromatic carbocycles. The Morgan fingerprint density at radius 3 is 2.76 bits per heavy atom. The summed E-state index contributed by atoms with van der Waals surface area (Å²) in [6.45, 7) is 1.89. The van der Waals surface area contributed by atoms with E-state index in [0.29, 0.717) is 13.0 Å². The second kappa shape index (κ2) is 6.57. The van der Waals surface area contributed by atoms with E-state index in [1.807, 2.05) is 11.0 Å². The molecule has 2 amide bonds. The van der Waals surface area contributed by atoms with Crippen molar-refractivity contribution in [1.29, 1.82) is 0 Å². The van der Waals surface area contributed by atoms with Crippen LogP contribution < -0.4 is 10.2 Å². The number of halogens is 2. The van der Waals surface area contributed by atoms with Crippen LogP contribution in [0.5, 0.6) is 0 Å². The second-order valence-electron chi connectivity index (χ2n) is 6.84. The third-order valence-electron chi connectivity index (χ3n) is 5.17. The van der Waals surface area contributed by atoms with Crippen LogP contribution in [0.3, 0.4) is 0 Å². The van der Waals surface area contributed by atoms with Gasteiger partial charge in [-0.25, -0.2) is 8.78 Å². The number of carbonyl (C=O) groups is 2. The summed E-state index contributed by atoms with van der Waals surface area (Å²) >= 11 is 0.